The van der Waals surface area contributed by atoms with E-state index in [1.54, 1.807) is 0 Å². The Morgan fingerprint density at radius 1 is 1.37 bits per heavy atom. The Morgan fingerprint density at radius 2 is 2.05 bits per heavy atom. The van der Waals surface area contributed by atoms with E-state index in [2.05, 4.69) is 49.9 Å². The zero-order chi connectivity index (χ0) is 14.0. The van der Waals surface area contributed by atoms with Crippen LogP contribution in [0, 0.1) is 0 Å². The van der Waals surface area contributed by atoms with E-state index >= 15 is 0 Å². The van der Waals surface area contributed by atoms with Crippen molar-refractivity contribution in [2.24, 2.45) is 0 Å². The van der Waals surface area contributed by atoms with Gasteiger partial charge in [0.05, 0.1) is 6.61 Å². The molecule has 19 heavy (non-hydrogen) atoms. The number of anilines is 1. The van der Waals surface area contributed by atoms with Crippen molar-refractivity contribution in [1.29, 1.82) is 0 Å². The summed E-state index contributed by atoms with van der Waals surface area (Å²) in [7, 11) is 0. The van der Waals surface area contributed by atoms with Gasteiger partial charge < -0.3 is 9.64 Å². The van der Waals surface area contributed by atoms with E-state index < -0.39 is 0 Å². The number of benzene rings is 1. The normalized spacial score (nSPS) is 20.2. The highest BCUT2D eigenvalue weighted by Gasteiger charge is 2.40. The molecular formula is C16H23NO2. The molecule has 1 aliphatic heterocycles. The van der Waals surface area contributed by atoms with Gasteiger partial charge in [-0.25, -0.2) is 0 Å². The van der Waals surface area contributed by atoms with Crippen LogP contribution in [0.5, 0.6) is 0 Å². The Bertz CT molecular complexity index is 468. The molecule has 0 spiro atoms. The summed E-state index contributed by atoms with van der Waals surface area (Å²) in [5.41, 5.74) is 2.90. The van der Waals surface area contributed by atoms with Gasteiger partial charge in [0.2, 0.25) is 0 Å². The highest BCUT2D eigenvalue weighted by atomic mass is 16.5. The third-order valence-electron chi connectivity index (χ3n) is 4.27. The van der Waals surface area contributed by atoms with Gasteiger partial charge in [-0.15, -0.1) is 0 Å². The van der Waals surface area contributed by atoms with Crippen LogP contribution in [0.25, 0.3) is 0 Å². The van der Waals surface area contributed by atoms with Crippen LogP contribution in [0.1, 0.15) is 39.7 Å². The van der Waals surface area contributed by atoms with Crippen LogP contribution >= 0.6 is 0 Å². The fourth-order valence-corrected chi connectivity index (χ4v) is 2.86. The number of fused-ring (bicyclic) bond motifs is 1. The summed E-state index contributed by atoms with van der Waals surface area (Å²) < 4.78 is 5.01. The van der Waals surface area contributed by atoms with Gasteiger partial charge >= 0.3 is 5.97 Å². The lowest BCUT2D eigenvalue weighted by molar-refractivity contribution is -0.140. The third-order valence-corrected chi connectivity index (χ3v) is 4.27. The van der Waals surface area contributed by atoms with Crippen LogP contribution in [0.15, 0.2) is 24.3 Å². The molecule has 0 fully saturated rings. The first kappa shape index (κ1) is 13.9. The van der Waals surface area contributed by atoms with Crippen molar-refractivity contribution in [3.8, 4) is 0 Å². The molecule has 0 aromatic heterocycles. The van der Waals surface area contributed by atoms with Crippen LogP contribution in [0.4, 0.5) is 5.69 Å². The Hall–Kier alpha value is -1.51. The lowest BCUT2D eigenvalue weighted by atomic mass is 9.81. The van der Waals surface area contributed by atoms with Crippen molar-refractivity contribution in [3.63, 3.8) is 0 Å². The molecule has 1 aromatic rings. The maximum atomic E-state index is 10.8. The summed E-state index contributed by atoms with van der Waals surface area (Å²) in [4.78, 5) is 13.2. The minimum Gasteiger partial charge on any atom is -0.466 e. The molecule has 1 aliphatic rings. The zero-order valence-electron chi connectivity index (χ0n) is 12.3. The summed E-state index contributed by atoms with van der Waals surface area (Å²) >= 11 is 0. The second-order valence-corrected chi connectivity index (χ2v) is 5.80. The first-order valence-corrected chi connectivity index (χ1v) is 6.94. The van der Waals surface area contributed by atoms with Crippen molar-refractivity contribution in [3.05, 3.63) is 29.8 Å². The maximum absolute atomic E-state index is 10.8. The number of ether oxygens (including phenoxy) is 1. The number of carbonyl (C=O) groups excluding carboxylic acids is 1. The number of rotatable bonds is 4. The molecule has 1 atom stereocenters. The molecule has 0 bridgehead atoms. The SMILES string of the molecule is CC(=O)OCCCN1c2ccccc2C(C)(C)C1C. The van der Waals surface area contributed by atoms with Gasteiger partial charge in [-0.05, 0) is 25.0 Å². The molecule has 0 N–H and O–H groups in total. The predicted octanol–water partition coefficient (Wildman–Crippen LogP) is 3.13. The van der Waals surface area contributed by atoms with E-state index in [1.165, 1.54) is 18.2 Å². The number of hydrogen-bond acceptors (Lipinski definition) is 3. The highest BCUT2D eigenvalue weighted by Crippen LogP contribution is 2.44. The van der Waals surface area contributed by atoms with Crippen LogP contribution in [0.3, 0.4) is 0 Å². The van der Waals surface area contributed by atoms with E-state index in [4.69, 9.17) is 4.74 Å². The average molecular weight is 261 g/mol. The molecule has 1 aromatic carbocycles. The topological polar surface area (TPSA) is 29.5 Å². The maximum Gasteiger partial charge on any atom is 0.302 e. The number of hydrogen-bond donors (Lipinski definition) is 0. The monoisotopic (exact) mass is 261 g/mol. The molecule has 0 saturated carbocycles. The van der Waals surface area contributed by atoms with Crippen molar-refractivity contribution < 1.29 is 9.53 Å². The molecule has 1 heterocycles. The average Bonchev–Trinajstić information content (AvgIpc) is 2.55. The number of nitrogens with zero attached hydrogens (tertiary/aromatic N) is 1. The van der Waals surface area contributed by atoms with Crippen LogP contribution in [-0.2, 0) is 14.9 Å². The van der Waals surface area contributed by atoms with E-state index in [0.717, 1.165) is 13.0 Å². The van der Waals surface area contributed by atoms with Gasteiger partial charge in [0, 0.05) is 30.6 Å². The van der Waals surface area contributed by atoms with Crippen molar-refractivity contribution in [2.75, 3.05) is 18.1 Å². The summed E-state index contributed by atoms with van der Waals surface area (Å²) in [6.07, 6.45) is 0.869. The third kappa shape index (κ3) is 2.60. The first-order chi connectivity index (χ1) is 8.94. The molecule has 1 unspecified atom stereocenters. The first-order valence-electron chi connectivity index (χ1n) is 6.94. The minimum atomic E-state index is -0.199. The summed E-state index contributed by atoms with van der Waals surface area (Å²) in [6.45, 7) is 9.74. The van der Waals surface area contributed by atoms with E-state index in [1.807, 2.05) is 0 Å². The molecule has 2 rings (SSSR count). The molecular weight excluding hydrogens is 238 g/mol. The molecule has 0 amide bonds. The summed E-state index contributed by atoms with van der Waals surface area (Å²) in [5, 5.41) is 0. The Balaban J connectivity index is 2.07. The van der Waals surface area contributed by atoms with Crippen LogP contribution in [0.2, 0.25) is 0 Å². The zero-order valence-corrected chi connectivity index (χ0v) is 12.3. The molecule has 0 radical (unpaired) electrons. The smallest absolute Gasteiger partial charge is 0.302 e. The molecule has 0 aliphatic carbocycles. The van der Waals surface area contributed by atoms with Crippen LogP contribution in [-0.4, -0.2) is 25.2 Å². The quantitative estimate of drug-likeness (QED) is 0.616. The molecule has 3 heteroatoms. The standard InChI is InChI=1S/C16H23NO2/c1-12-16(3,4)14-8-5-6-9-15(14)17(12)10-7-11-19-13(2)18/h5-6,8-9,12H,7,10-11H2,1-4H3. The lowest BCUT2D eigenvalue weighted by Crippen LogP contribution is -2.39. The van der Waals surface area contributed by atoms with E-state index in [-0.39, 0.29) is 11.4 Å². The molecule has 104 valence electrons. The Labute approximate surface area is 115 Å². The van der Waals surface area contributed by atoms with Crippen LogP contribution < -0.4 is 4.90 Å². The van der Waals surface area contributed by atoms with Gasteiger partial charge in [0.15, 0.2) is 0 Å². The largest absolute Gasteiger partial charge is 0.466 e. The molecule has 0 saturated heterocycles. The summed E-state index contributed by atoms with van der Waals surface area (Å²) in [6, 6.07) is 9.06. The van der Waals surface area contributed by atoms with Crippen molar-refractivity contribution in [1.82, 2.24) is 0 Å². The van der Waals surface area contributed by atoms with Crippen molar-refractivity contribution in [2.45, 2.75) is 45.6 Å². The van der Waals surface area contributed by atoms with Gasteiger partial charge in [0.1, 0.15) is 0 Å². The Morgan fingerprint density at radius 3 is 2.74 bits per heavy atom. The van der Waals surface area contributed by atoms with E-state index in [0.29, 0.717) is 12.6 Å². The number of para-hydroxylation sites is 1. The van der Waals surface area contributed by atoms with Gasteiger partial charge in [0.25, 0.3) is 0 Å². The Kier molecular flexibility index (Phi) is 3.83. The number of carbonyl (C=O) groups is 1. The predicted molar refractivity (Wildman–Crippen MR) is 77.5 cm³/mol. The van der Waals surface area contributed by atoms with Crippen molar-refractivity contribution >= 4 is 11.7 Å². The summed E-state index contributed by atoms with van der Waals surface area (Å²) in [5.74, 6) is -0.199. The van der Waals surface area contributed by atoms with Gasteiger partial charge in [-0.3, -0.25) is 4.79 Å². The second-order valence-electron chi connectivity index (χ2n) is 5.80. The van der Waals surface area contributed by atoms with Gasteiger partial charge in [-0.1, -0.05) is 32.0 Å². The fraction of sp³-hybridized carbons (Fsp3) is 0.562. The molecule has 3 nitrogen and oxygen atoms in total. The highest BCUT2D eigenvalue weighted by molar-refractivity contribution is 5.66. The van der Waals surface area contributed by atoms with E-state index in [9.17, 15) is 4.79 Å². The van der Waals surface area contributed by atoms with Gasteiger partial charge in [-0.2, -0.15) is 0 Å². The second kappa shape index (κ2) is 5.24. The minimum absolute atomic E-state index is 0.165. The fourth-order valence-electron chi connectivity index (χ4n) is 2.86. The number of esters is 1. The lowest BCUT2D eigenvalue weighted by Gasteiger charge is -2.31.